The summed E-state index contributed by atoms with van der Waals surface area (Å²) < 4.78 is 1.73. The number of nitrogens with one attached hydrogen (secondary N) is 1. The summed E-state index contributed by atoms with van der Waals surface area (Å²) in [7, 11) is 1.86. The van der Waals surface area contributed by atoms with Crippen LogP contribution in [-0.2, 0) is 18.4 Å². The molecular weight excluding hydrogens is 194 g/mol. The molecule has 82 valence electrons. The minimum Gasteiger partial charge on any atom is -0.478 e. The van der Waals surface area contributed by atoms with Crippen LogP contribution in [0.3, 0.4) is 0 Å². The van der Waals surface area contributed by atoms with E-state index in [2.05, 4.69) is 10.4 Å². The van der Waals surface area contributed by atoms with E-state index in [-0.39, 0.29) is 0 Å². The van der Waals surface area contributed by atoms with Crippen LogP contribution in [0.2, 0.25) is 0 Å². The van der Waals surface area contributed by atoms with E-state index in [9.17, 15) is 4.79 Å². The van der Waals surface area contributed by atoms with Gasteiger partial charge in [0, 0.05) is 37.5 Å². The number of hydrogen-bond donors (Lipinski definition) is 2. The first kappa shape index (κ1) is 11.5. The van der Waals surface area contributed by atoms with Gasteiger partial charge in [0.05, 0.1) is 6.20 Å². The van der Waals surface area contributed by atoms with E-state index in [1.165, 1.54) is 0 Å². The lowest BCUT2D eigenvalue weighted by molar-refractivity contribution is -0.132. The Morgan fingerprint density at radius 1 is 1.73 bits per heavy atom. The highest BCUT2D eigenvalue weighted by molar-refractivity contribution is 5.85. The van der Waals surface area contributed by atoms with Crippen LogP contribution < -0.4 is 5.32 Å². The minimum absolute atomic E-state index is 0.355. The maximum absolute atomic E-state index is 10.5. The van der Waals surface area contributed by atoms with E-state index < -0.39 is 5.97 Å². The molecule has 0 amide bonds. The van der Waals surface area contributed by atoms with Gasteiger partial charge < -0.3 is 10.4 Å². The number of aliphatic carboxylic acids is 1. The molecule has 0 spiro atoms. The molecule has 0 radical (unpaired) electrons. The Morgan fingerprint density at radius 2 is 2.47 bits per heavy atom. The number of nitrogens with zero attached hydrogens (tertiary/aromatic N) is 2. The van der Waals surface area contributed by atoms with Gasteiger partial charge in [-0.05, 0) is 6.92 Å². The Morgan fingerprint density at radius 3 is 3.00 bits per heavy atom. The maximum atomic E-state index is 10.5. The van der Waals surface area contributed by atoms with Gasteiger partial charge in [0.1, 0.15) is 0 Å². The van der Waals surface area contributed by atoms with Gasteiger partial charge in [-0.2, -0.15) is 5.10 Å². The van der Waals surface area contributed by atoms with Crippen LogP contribution in [0.15, 0.2) is 24.0 Å². The summed E-state index contributed by atoms with van der Waals surface area (Å²) in [5.41, 5.74) is 1.44. The fourth-order valence-electron chi connectivity index (χ4n) is 1.09. The molecule has 15 heavy (non-hydrogen) atoms. The molecule has 1 rings (SSSR count). The summed E-state index contributed by atoms with van der Waals surface area (Å²) in [5.74, 6) is -0.877. The lowest BCUT2D eigenvalue weighted by Gasteiger charge is -1.98. The number of hydrogen-bond acceptors (Lipinski definition) is 3. The topological polar surface area (TPSA) is 67.2 Å². The molecule has 1 heterocycles. The second-order valence-corrected chi connectivity index (χ2v) is 3.35. The molecule has 1 aromatic heterocycles. The summed E-state index contributed by atoms with van der Waals surface area (Å²) in [4.78, 5) is 10.5. The zero-order chi connectivity index (χ0) is 11.3. The largest absolute Gasteiger partial charge is 0.478 e. The minimum atomic E-state index is -0.877. The van der Waals surface area contributed by atoms with Gasteiger partial charge >= 0.3 is 5.97 Å². The molecule has 0 bridgehead atoms. The first-order chi connectivity index (χ1) is 7.09. The molecular formula is C10H15N3O2. The smallest absolute Gasteiger partial charge is 0.330 e. The Kier molecular flexibility index (Phi) is 4.05. The summed E-state index contributed by atoms with van der Waals surface area (Å²) >= 11 is 0. The van der Waals surface area contributed by atoms with Gasteiger partial charge in [0.2, 0.25) is 0 Å². The molecule has 5 heteroatoms. The second-order valence-electron chi connectivity index (χ2n) is 3.35. The second kappa shape index (κ2) is 5.31. The first-order valence-electron chi connectivity index (χ1n) is 4.68. The Hall–Kier alpha value is -1.62. The molecule has 5 nitrogen and oxygen atoms in total. The molecule has 2 N–H and O–H groups in total. The molecule has 0 saturated heterocycles. The number of aryl methyl sites for hydroxylation is 1. The highest BCUT2D eigenvalue weighted by atomic mass is 16.4. The van der Waals surface area contributed by atoms with Crippen molar-refractivity contribution < 1.29 is 9.90 Å². The molecule has 0 saturated carbocycles. The van der Waals surface area contributed by atoms with E-state index in [0.717, 1.165) is 5.56 Å². The monoisotopic (exact) mass is 209 g/mol. The Bertz CT molecular complexity index is 368. The van der Waals surface area contributed by atoms with E-state index in [1.54, 1.807) is 23.9 Å². The average Bonchev–Trinajstić information content (AvgIpc) is 2.58. The van der Waals surface area contributed by atoms with Crippen molar-refractivity contribution in [2.45, 2.75) is 13.5 Å². The predicted molar refractivity (Wildman–Crippen MR) is 56.3 cm³/mol. The van der Waals surface area contributed by atoms with Crippen LogP contribution in [-0.4, -0.2) is 27.4 Å². The van der Waals surface area contributed by atoms with Crippen molar-refractivity contribution in [3.8, 4) is 0 Å². The fraction of sp³-hybridized carbons (Fsp3) is 0.400. The van der Waals surface area contributed by atoms with Gasteiger partial charge in [0.15, 0.2) is 0 Å². The third-order valence-corrected chi connectivity index (χ3v) is 1.98. The van der Waals surface area contributed by atoms with Crippen LogP contribution in [0.25, 0.3) is 0 Å². The van der Waals surface area contributed by atoms with Crippen molar-refractivity contribution in [3.05, 3.63) is 29.6 Å². The zero-order valence-electron chi connectivity index (χ0n) is 8.90. The predicted octanol–water partition coefficient (Wildman–Crippen LogP) is 0.541. The van der Waals surface area contributed by atoms with Crippen LogP contribution in [0.4, 0.5) is 0 Å². The number of carboxylic acid groups (broad SMARTS) is 1. The number of carbonyl (C=O) groups is 1. The Balaban J connectivity index is 2.28. The van der Waals surface area contributed by atoms with Gasteiger partial charge in [-0.25, -0.2) is 4.79 Å². The summed E-state index contributed by atoms with van der Waals surface area (Å²) in [5, 5.41) is 15.7. The molecule has 0 atom stereocenters. The molecule has 0 aliphatic heterocycles. The van der Waals surface area contributed by atoms with Gasteiger partial charge in [-0.3, -0.25) is 4.68 Å². The van der Waals surface area contributed by atoms with Crippen molar-refractivity contribution in [3.63, 3.8) is 0 Å². The van der Waals surface area contributed by atoms with Crippen LogP contribution in [0, 0.1) is 0 Å². The van der Waals surface area contributed by atoms with Crippen molar-refractivity contribution in [1.29, 1.82) is 0 Å². The lowest BCUT2D eigenvalue weighted by Crippen LogP contribution is -2.13. The summed E-state index contributed by atoms with van der Waals surface area (Å²) in [6.07, 6.45) is 5.35. The van der Waals surface area contributed by atoms with E-state index in [0.29, 0.717) is 18.7 Å². The SMILES string of the molecule is CC(=CCNCc1cnn(C)c1)C(=O)O. The molecule has 0 aliphatic rings. The number of rotatable bonds is 5. The van der Waals surface area contributed by atoms with Crippen molar-refractivity contribution in [2.75, 3.05) is 6.54 Å². The van der Waals surface area contributed by atoms with E-state index in [1.807, 2.05) is 13.2 Å². The summed E-state index contributed by atoms with van der Waals surface area (Å²) in [6, 6.07) is 0. The maximum Gasteiger partial charge on any atom is 0.330 e. The number of carboxylic acids is 1. The van der Waals surface area contributed by atoms with E-state index in [4.69, 9.17) is 5.11 Å². The van der Waals surface area contributed by atoms with Crippen LogP contribution in [0.1, 0.15) is 12.5 Å². The van der Waals surface area contributed by atoms with Crippen molar-refractivity contribution in [1.82, 2.24) is 15.1 Å². The van der Waals surface area contributed by atoms with Gasteiger partial charge in [0.25, 0.3) is 0 Å². The first-order valence-corrected chi connectivity index (χ1v) is 4.68. The molecule has 0 aliphatic carbocycles. The third-order valence-electron chi connectivity index (χ3n) is 1.98. The molecule has 0 unspecified atom stereocenters. The highest BCUT2D eigenvalue weighted by Gasteiger charge is 1.98. The summed E-state index contributed by atoms with van der Waals surface area (Å²) in [6.45, 7) is 2.82. The quantitative estimate of drug-likeness (QED) is 0.548. The highest BCUT2D eigenvalue weighted by Crippen LogP contribution is 1.95. The van der Waals surface area contributed by atoms with Crippen LogP contribution >= 0.6 is 0 Å². The average molecular weight is 209 g/mol. The molecule has 0 aromatic carbocycles. The van der Waals surface area contributed by atoms with E-state index >= 15 is 0 Å². The normalized spacial score (nSPS) is 11.7. The molecule has 0 fully saturated rings. The standard InChI is InChI=1S/C10H15N3O2/c1-8(10(14)15)3-4-11-5-9-6-12-13(2)7-9/h3,6-7,11H,4-5H2,1-2H3,(H,14,15). The Labute approximate surface area is 88.4 Å². The van der Waals surface area contributed by atoms with Crippen molar-refractivity contribution >= 4 is 5.97 Å². The van der Waals surface area contributed by atoms with Crippen molar-refractivity contribution in [2.24, 2.45) is 7.05 Å². The lowest BCUT2D eigenvalue weighted by atomic mass is 10.3. The van der Waals surface area contributed by atoms with Gasteiger partial charge in [-0.1, -0.05) is 6.08 Å². The fourth-order valence-corrected chi connectivity index (χ4v) is 1.09. The zero-order valence-corrected chi connectivity index (χ0v) is 8.90. The molecule has 1 aromatic rings. The number of aromatic nitrogens is 2. The van der Waals surface area contributed by atoms with Gasteiger partial charge in [-0.15, -0.1) is 0 Å². The van der Waals surface area contributed by atoms with Crippen LogP contribution in [0.5, 0.6) is 0 Å². The third kappa shape index (κ3) is 3.95.